The van der Waals surface area contributed by atoms with E-state index < -0.39 is 0 Å². The summed E-state index contributed by atoms with van der Waals surface area (Å²) in [6.07, 6.45) is 4.38. The van der Waals surface area contributed by atoms with Crippen molar-refractivity contribution in [3.63, 3.8) is 0 Å². The van der Waals surface area contributed by atoms with Crippen LogP contribution in [0.1, 0.15) is 22.3 Å². The number of hydrogen-bond acceptors (Lipinski definition) is 7. The van der Waals surface area contributed by atoms with E-state index >= 15 is 0 Å². The zero-order valence-electron chi connectivity index (χ0n) is 23.5. The molecule has 0 N–H and O–H groups in total. The first-order valence-electron chi connectivity index (χ1n) is 13.2. The molecule has 0 unspecified atom stereocenters. The highest BCUT2D eigenvalue weighted by Gasteiger charge is 2.20. The summed E-state index contributed by atoms with van der Waals surface area (Å²) < 4.78 is 18.5. The van der Waals surface area contributed by atoms with Crippen LogP contribution in [0.2, 0.25) is 0 Å². The highest BCUT2D eigenvalue weighted by Crippen LogP contribution is 2.31. The first kappa shape index (κ1) is 28.6. The highest BCUT2D eigenvalue weighted by atomic mass is 16.5. The summed E-state index contributed by atoms with van der Waals surface area (Å²) in [6.45, 7) is 3.28. The second kappa shape index (κ2) is 13.6. The van der Waals surface area contributed by atoms with Crippen molar-refractivity contribution in [2.75, 3.05) is 47.5 Å². The van der Waals surface area contributed by atoms with Crippen molar-refractivity contribution in [3.05, 3.63) is 94.5 Å². The number of carbonyl (C=O) groups excluding carboxylic acids is 1. The minimum absolute atomic E-state index is 0.0366. The second-order valence-corrected chi connectivity index (χ2v) is 9.55. The van der Waals surface area contributed by atoms with Crippen LogP contribution in [0.5, 0.6) is 17.2 Å². The standard InChI is InChI=1S/C31H36N4O5/c1-33(31(37)26-7-5-8-28(38-3)30(26)39-4)18-19-35(22-23-13-15-32-16-14-23)17-6-20-40-25-10-11-27-24(21-25)9-12-29(36)34(27)2/h5,7-16,21H,6,17-20,22H2,1-4H3. The molecular weight excluding hydrogens is 508 g/mol. The molecule has 0 saturated heterocycles. The van der Waals surface area contributed by atoms with Gasteiger partial charge in [0.15, 0.2) is 11.5 Å². The summed E-state index contributed by atoms with van der Waals surface area (Å²) in [7, 11) is 6.65. The minimum atomic E-state index is -0.128. The van der Waals surface area contributed by atoms with Gasteiger partial charge in [-0.25, -0.2) is 0 Å². The van der Waals surface area contributed by atoms with E-state index in [1.54, 1.807) is 67.3 Å². The van der Waals surface area contributed by atoms with Crippen LogP contribution in [0.4, 0.5) is 0 Å². The Bertz CT molecular complexity index is 1490. The first-order valence-corrected chi connectivity index (χ1v) is 13.2. The Morgan fingerprint density at radius 3 is 2.50 bits per heavy atom. The molecule has 40 heavy (non-hydrogen) atoms. The molecule has 9 heteroatoms. The van der Waals surface area contributed by atoms with E-state index in [1.807, 2.05) is 36.4 Å². The lowest BCUT2D eigenvalue weighted by Crippen LogP contribution is -2.37. The molecule has 0 aliphatic carbocycles. The van der Waals surface area contributed by atoms with Gasteiger partial charge in [0.25, 0.3) is 11.5 Å². The SMILES string of the molecule is COc1cccc(C(=O)N(C)CCN(CCCOc2ccc3c(ccc(=O)n3C)c2)Cc2ccncc2)c1OC. The van der Waals surface area contributed by atoms with Gasteiger partial charge < -0.3 is 23.7 Å². The van der Waals surface area contributed by atoms with Gasteiger partial charge in [-0.1, -0.05) is 6.07 Å². The maximum Gasteiger partial charge on any atom is 0.257 e. The monoisotopic (exact) mass is 544 g/mol. The molecule has 2 heterocycles. The maximum atomic E-state index is 13.2. The molecule has 0 spiro atoms. The number of amides is 1. The lowest BCUT2D eigenvalue weighted by atomic mass is 10.1. The Morgan fingerprint density at radius 2 is 1.75 bits per heavy atom. The quantitative estimate of drug-likeness (QED) is 0.235. The molecule has 0 radical (unpaired) electrons. The Hall–Kier alpha value is -4.37. The number of aryl methyl sites for hydroxylation is 1. The van der Waals surface area contributed by atoms with E-state index in [1.165, 1.54) is 7.11 Å². The molecule has 1 amide bonds. The number of hydrogen-bond donors (Lipinski definition) is 0. The maximum absolute atomic E-state index is 13.2. The van der Waals surface area contributed by atoms with Crippen molar-refractivity contribution < 1.29 is 19.0 Å². The number of aromatic nitrogens is 2. The van der Waals surface area contributed by atoms with Crippen LogP contribution in [-0.2, 0) is 13.6 Å². The van der Waals surface area contributed by atoms with Crippen LogP contribution < -0.4 is 19.8 Å². The molecule has 4 rings (SSSR count). The number of likely N-dealkylation sites (N-methyl/N-ethyl adjacent to an activating group) is 1. The van der Waals surface area contributed by atoms with E-state index in [0.717, 1.165) is 41.7 Å². The molecule has 0 saturated carbocycles. The molecule has 0 atom stereocenters. The molecule has 2 aromatic heterocycles. The number of carbonyl (C=O) groups is 1. The number of pyridine rings is 2. The van der Waals surface area contributed by atoms with Gasteiger partial charge in [0.05, 0.1) is 31.9 Å². The van der Waals surface area contributed by atoms with Gasteiger partial charge in [-0.2, -0.15) is 0 Å². The predicted molar refractivity (Wildman–Crippen MR) is 155 cm³/mol. The summed E-state index contributed by atoms with van der Waals surface area (Å²) in [5, 5.41) is 0.958. The molecule has 0 aliphatic rings. The Balaban J connectivity index is 1.36. The second-order valence-electron chi connectivity index (χ2n) is 9.55. The topological polar surface area (TPSA) is 86.1 Å². The van der Waals surface area contributed by atoms with Crippen LogP contribution in [-0.4, -0.2) is 72.8 Å². The average molecular weight is 545 g/mol. The molecule has 2 aromatic carbocycles. The predicted octanol–water partition coefficient (Wildman–Crippen LogP) is 3.99. The van der Waals surface area contributed by atoms with Crippen molar-refractivity contribution in [1.82, 2.24) is 19.4 Å². The zero-order valence-corrected chi connectivity index (χ0v) is 23.5. The largest absolute Gasteiger partial charge is 0.494 e. The van der Waals surface area contributed by atoms with E-state index in [4.69, 9.17) is 14.2 Å². The summed E-state index contributed by atoms with van der Waals surface area (Å²) in [4.78, 5) is 33.2. The Labute approximate surface area is 234 Å². The number of fused-ring (bicyclic) bond motifs is 1. The number of methoxy groups -OCH3 is 2. The van der Waals surface area contributed by atoms with Crippen molar-refractivity contribution in [3.8, 4) is 17.2 Å². The van der Waals surface area contributed by atoms with Gasteiger partial charge in [0, 0.05) is 64.1 Å². The van der Waals surface area contributed by atoms with Gasteiger partial charge >= 0.3 is 0 Å². The third kappa shape index (κ3) is 6.98. The van der Waals surface area contributed by atoms with E-state index in [0.29, 0.717) is 36.8 Å². The first-order chi connectivity index (χ1) is 19.4. The molecule has 0 bridgehead atoms. The number of para-hydroxylation sites is 1. The Morgan fingerprint density at radius 1 is 0.950 bits per heavy atom. The number of ether oxygens (including phenoxy) is 3. The third-order valence-electron chi connectivity index (χ3n) is 6.87. The van der Waals surface area contributed by atoms with Crippen molar-refractivity contribution in [1.29, 1.82) is 0 Å². The van der Waals surface area contributed by atoms with Crippen LogP contribution >= 0.6 is 0 Å². The zero-order chi connectivity index (χ0) is 28.5. The number of rotatable bonds is 13. The molecule has 0 aliphatic heterocycles. The average Bonchev–Trinajstić information content (AvgIpc) is 2.99. The summed E-state index contributed by atoms with van der Waals surface area (Å²) in [5.41, 5.74) is 2.45. The minimum Gasteiger partial charge on any atom is -0.494 e. The van der Waals surface area contributed by atoms with E-state index in [2.05, 4.69) is 9.88 Å². The van der Waals surface area contributed by atoms with Crippen LogP contribution in [0.15, 0.2) is 77.9 Å². The molecule has 4 aromatic rings. The fourth-order valence-electron chi connectivity index (χ4n) is 4.60. The van der Waals surface area contributed by atoms with Gasteiger partial charge in [-0.15, -0.1) is 0 Å². The van der Waals surface area contributed by atoms with Gasteiger partial charge in [0.1, 0.15) is 5.75 Å². The number of benzene rings is 2. The van der Waals surface area contributed by atoms with Crippen molar-refractivity contribution in [2.24, 2.45) is 7.05 Å². The summed E-state index contributed by atoms with van der Waals surface area (Å²) >= 11 is 0. The van der Waals surface area contributed by atoms with E-state index in [-0.39, 0.29) is 11.5 Å². The van der Waals surface area contributed by atoms with Crippen LogP contribution in [0, 0.1) is 0 Å². The Kier molecular flexibility index (Phi) is 9.75. The lowest BCUT2D eigenvalue weighted by molar-refractivity contribution is 0.0770. The molecular formula is C31H36N4O5. The fraction of sp³-hybridized carbons (Fsp3) is 0.323. The molecule has 0 fully saturated rings. The summed E-state index contributed by atoms with van der Waals surface area (Å²) in [5.74, 6) is 1.60. The smallest absolute Gasteiger partial charge is 0.257 e. The van der Waals surface area contributed by atoms with Crippen molar-refractivity contribution >= 4 is 16.8 Å². The third-order valence-corrected chi connectivity index (χ3v) is 6.87. The lowest BCUT2D eigenvalue weighted by Gasteiger charge is -2.26. The van der Waals surface area contributed by atoms with Crippen molar-refractivity contribution in [2.45, 2.75) is 13.0 Å². The fourth-order valence-corrected chi connectivity index (χ4v) is 4.60. The van der Waals surface area contributed by atoms with Gasteiger partial charge in [0.2, 0.25) is 0 Å². The molecule has 210 valence electrons. The van der Waals surface area contributed by atoms with Gasteiger partial charge in [-0.05, 0) is 60.5 Å². The summed E-state index contributed by atoms with van der Waals surface area (Å²) in [6, 6.07) is 18.5. The van der Waals surface area contributed by atoms with Crippen LogP contribution in [0.25, 0.3) is 10.9 Å². The molecule has 9 nitrogen and oxygen atoms in total. The highest BCUT2D eigenvalue weighted by molar-refractivity contribution is 5.97. The van der Waals surface area contributed by atoms with Crippen LogP contribution in [0.3, 0.4) is 0 Å². The van der Waals surface area contributed by atoms with Gasteiger partial charge in [-0.3, -0.25) is 19.5 Å². The van der Waals surface area contributed by atoms with E-state index in [9.17, 15) is 9.59 Å². The number of nitrogens with zero attached hydrogens (tertiary/aromatic N) is 4. The normalized spacial score (nSPS) is 11.0.